The maximum atomic E-state index is 12.0. The van der Waals surface area contributed by atoms with E-state index in [2.05, 4.69) is 13.8 Å². The summed E-state index contributed by atoms with van der Waals surface area (Å²) in [6.07, 6.45) is 24.1. The molecule has 0 saturated carbocycles. The maximum Gasteiger partial charge on any atom is 0.138 e. The van der Waals surface area contributed by atoms with Crippen LogP contribution in [0.2, 0.25) is 0 Å². The summed E-state index contributed by atoms with van der Waals surface area (Å²) >= 11 is 0. The van der Waals surface area contributed by atoms with Crippen molar-refractivity contribution in [2.24, 2.45) is 0 Å². The molecular formula is C24H46O2. The van der Waals surface area contributed by atoms with Crippen LogP contribution in [0.3, 0.4) is 0 Å². The number of hydrogen-bond donors (Lipinski definition) is 0. The Bertz CT molecular complexity index is 326. The van der Waals surface area contributed by atoms with Crippen LogP contribution in [0.4, 0.5) is 0 Å². The Morgan fingerprint density at radius 1 is 0.615 bits per heavy atom. The van der Waals surface area contributed by atoms with Gasteiger partial charge in [0.1, 0.15) is 5.78 Å². The minimum atomic E-state index is 0.214. The van der Waals surface area contributed by atoms with Crippen molar-refractivity contribution in [2.45, 2.75) is 148 Å². The van der Waals surface area contributed by atoms with Crippen molar-refractivity contribution >= 4 is 5.78 Å². The van der Waals surface area contributed by atoms with Crippen LogP contribution in [0.1, 0.15) is 136 Å². The lowest BCUT2D eigenvalue weighted by atomic mass is 9.95. The average Bonchev–Trinajstić information content (AvgIpc) is 2.63. The molecule has 0 radical (unpaired) electrons. The van der Waals surface area contributed by atoms with Crippen LogP contribution in [-0.2, 0) is 9.53 Å². The molecule has 0 aromatic heterocycles. The van der Waals surface area contributed by atoms with Crippen molar-refractivity contribution in [3.8, 4) is 0 Å². The van der Waals surface area contributed by atoms with E-state index in [0.717, 1.165) is 12.8 Å². The number of carbonyl (C=O) groups is 1. The third-order valence-corrected chi connectivity index (χ3v) is 5.80. The average molecular weight is 367 g/mol. The molecule has 0 unspecified atom stereocenters. The van der Waals surface area contributed by atoms with E-state index in [-0.39, 0.29) is 12.2 Å². The van der Waals surface area contributed by atoms with Crippen molar-refractivity contribution in [1.82, 2.24) is 0 Å². The first-order valence-corrected chi connectivity index (χ1v) is 11.9. The molecule has 0 N–H and O–H groups in total. The lowest BCUT2D eigenvalue weighted by Crippen LogP contribution is -2.33. The molecule has 1 fully saturated rings. The van der Waals surface area contributed by atoms with E-state index in [1.807, 2.05) is 0 Å². The quantitative estimate of drug-likeness (QED) is 0.246. The van der Waals surface area contributed by atoms with Gasteiger partial charge in [-0.1, -0.05) is 110 Å². The zero-order chi connectivity index (χ0) is 18.9. The number of rotatable bonds is 17. The first kappa shape index (κ1) is 23.7. The lowest BCUT2D eigenvalue weighted by Gasteiger charge is -2.29. The van der Waals surface area contributed by atoms with Gasteiger partial charge >= 0.3 is 0 Å². The van der Waals surface area contributed by atoms with E-state index in [1.54, 1.807) is 0 Å². The van der Waals surface area contributed by atoms with Crippen molar-refractivity contribution in [3.05, 3.63) is 0 Å². The van der Waals surface area contributed by atoms with E-state index in [0.29, 0.717) is 18.6 Å². The predicted molar refractivity (Wildman–Crippen MR) is 113 cm³/mol. The minimum Gasteiger partial charge on any atom is -0.374 e. The van der Waals surface area contributed by atoms with Gasteiger partial charge in [-0.15, -0.1) is 0 Å². The summed E-state index contributed by atoms with van der Waals surface area (Å²) in [5.74, 6) is 0.439. The fraction of sp³-hybridized carbons (Fsp3) is 0.958. The lowest BCUT2D eigenvalue weighted by molar-refractivity contribution is -0.136. The summed E-state index contributed by atoms with van der Waals surface area (Å²) in [4.78, 5) is 12.0. The van der Waals surface area contributed by atoms with Gasteiger partial charge in [0, 0.05) is 12.8 Å². The number of hydrogen-bond acceptors (Lipinski definition) is 2. The maximum absolute atomic E-state index is 12.0. The monoisotopic (exact) mass is 366 g/mol. The Kier molecular flexibility index (Phi) is 15.3. The number of ether oxygens (including phenoxy) is 1. The molecule has 2 nitrogen and oxygen atoms in total. The second-order valence-electron chi connectivity index (χ2n) is 8.50. The molecule has 154 valence electrons. The summed E-state index contributed by atoms with van der Waals surface area (Å²) in [5.41, 5.74) is 0. The SMILES string of the molecule is CCCCCCCCCC[C@@H]1CC(=O)C[C@H](CCCCCCCCC)O1. The molecule has 0 bridgehead atoms. The molecule has 0 amide bonds. The van der Waals surface area contributed by atoms with E-state index in [4.69, 9.17) is 4.74 Å². The molecule has 0 aliphatic carbocycles. The van der Waals surface area contributed by atoms with E-state index in [1.165, 1.54) is 96.3 Å². The number of carbonyl (C=O) groups excluding carboxylic acids is 1. The fourth-order valence-corrected chi connectivity index (χ4v) is 4.13. The van der Waals surface area contributed by atoms with Crippen LogP contribution in [0.15, 0.2) is 0 Å². The highest BCUT2D eigenvalue weighted by molar-refractivity contribution is 5.80. The molecule has 1 rings (SSSR count). The van der Waals surface area contributed by atoms with Crippen LogP contribution in [0, 0.1) is 0 Å². The van der Waals surface area contributed by atoms with Crippen molar-refractivity contribution in [2.75, 3.05) is 0 Å². The van der Waals surface area contributed by atoms with Crippen LogP contribution < -0.4 is 0 Å². The topological polar surface area (TPSA) is 26.3 Å². The Morgan fingerprint density at radius 3 is 1.35 bits per heavy atom. The van der Waals surface area contributed by atoms with Crippen LogP contribution >= 0.6 is 0 Å². The molecule has 0 aromatic rings. The number of Topliss-reactive ketones (excluding diaryl/α,β-unsaturated/α-hetero) is 1. The largest absolute Gasteiger partial charge is 0.374 e. The summed E-state index contributed by atoms with van der Waals surface area (Å²) in [6, 6.07) is 0. The molecule has 1 aliphatic heterocycles. The van der Waals surface area contributed by atoms with Gasteiger partial charge in [0.15, 0.2) is 0 Å². The molecule has 2 atom stereocenters. The Balaban J connectivity index is 2.02. The van der Waals surface area contributed by atoms with Crippen LogP contribution in [0.5, 0.6) is 0 Å². The van der Waals surface area contributed by atoms with Gasteiger partial charge in [0.25, 0.3) is 0 Å². The third kappa shape index (κ3) is 12.9. The van der Waals surface area contributed by atoms with Crippen LogP contribution in [0.25, 0.3) is 0 Å². The van der Waals surface area contributed by atoms with Gasteiger partial charge in [-0.25, -0.2) is 0 Å². The first-order chi connectivity index (χ1) is 12.8. The van der Waals surface area contributed by atoms with E-state index >= 15 is 0 Å². The normalized spacial score (nSPS) is 20.6. The van der Waals surface area contributed by atoms with Gasteiger partial charge < -0.3 is 4.74 Å². The highest BCUT2D eigenvalue weighted by Gasteiger charge is 2.27. The van der Waals surface area contributed by atoms with Gasteiger partial charge in [-0.2, -0.15) is 0 Å². The summed E-state index contributed by atoms with van der Waals surface area (Å²) in [5, 5.41) is 0. The van der Waals surface area contributed by atoms with Gasteiger partial charge in [-0.05, 0) is 12.8 Å². The van der Waals surface area contributed by atoms with Gasteiger partial charge in [0.2, 0.25) is 0 Å². The molecular weight excluding hydrogens is 320 g/mol. The smallest absolute Gasteiger partial charge is 0.138 e. The summed E-state index contributed by atoms with van der Waals surface area (Å²) in [6.45, 7) is 4.54. The van der Waals surface area contributed by atoms with Crippen molar-refractivity contribution in [1.29, 1.82) is 0 Å². The standard InChI is InChI=1S/C24H46O2/c1-3-5-7-9-11-13-15-17-19-24-21-22(25)20-23(26-24)18-16-14-12-10-8-6-4-2/h23-24H,3-21H2,1-2H3/t23-,24+/m0/s1. The fourth-order valence-electron chi connectivity index (χ4n) is 4.13. The minimum absolute atomic E-state index is 0.214. The zero-order valence-electron chi connectivity index (χ0n) is 17.9. The highest BCUT2D eigenvalue weighted by atomic mass is 16.5. The predicted octanol–water partition coefficient (Wildman–Crippen LogP) is 7.77. The molecule has 0 spiro atoms. The molecule has 0 aromatic carbocycles. The summed E-state index contributed by atoms with van der Waals surface area (Å²) < 4.78 is 6.24. The zero-order valence-corrected chi connectivity index (χ0v) is 17.9. The highest BCUT2D eigenvalue weighted by Crippen LogP contribution is 2.24. The third-order valence-electron chi connectivity index (χ3n) is 5.80. The second kappa shape index (κ2) is 16.8. The molecule has 2 heteroatoms. The Morgan fingerprint density at radius 2 is 0.962 bits per heavy atom. The summed E-state index contributed by atoms with van der Waals surface area (Å²) in [7, 11) is 0. The number of ketones is 1. The first-order valence-electron chi connectivity index (χ1n) is 11.9. The molecule has 1 heterocycles. The van der Waals surface area contributed by atoms with Gasteiger partial charge in [-0.3, -0.25) is 4.79 Å². The molecule has 1 aliphatic rings. The van der Waals surface area contributed by atoms with Crippen molar-refractivity contribution < 1.29 is 9.53 Å². The van der Waals surface area contributed by atoms with Gasteiger partial charge in [0.05, 0.1) is 12.2 Å². The second-order valence-corrected chi connectivity index (χ2v) is 8.50. The molecule has 26 heavy (non-hydrogen) atoms. The van der Waals surface area contributed by atoms with Crippen molar-refractivity contribution in [3.63, 3.8) is 0 Å². The van der Waals surface area contributed by atoms with E-state index in [9.17, 15) is 4.79 Å². The van der Waals surface area contributed by atoms with E-state index < -0.39 is 0 Å². The Labute approximate surface area is 163 Å². The number of unbranched alkanes of at least 4 members (excludes halogenated alkanes) is 13. The molecule has 1 saturated heterocycles. The van der Waals surface area contributed by atoms with Crippen LogP contribution in [-0.4, -0.2) is 18.0 Å². The Hall–Kier alpha value is -0.370.